The minimum atomic E-state index is -2.92. The van der Waals surface area contributed by atoms with Crippen molar-refractivity contribution in [2.75, 3.05) is 6.61 Å². The van der Waals surface area contributed by atoms with E-state index < -0.39 is 8.32 Å². The number of halogens is 1. The molecule has 1 aromatic heterocycles. The number of nitrogens with zero attached hydrogens (tertiary/aromatic N) is 1. The van der Waals surface area contributed by atoms with Crippen LogP contribution in [-0.2, 0) is 10.8 Å². The van der Waals surface area contributed by atoms with E-state index in [4.69, 9.17) is 16.0 Å². The zero-order valence-electron chi connectivity index (χ0n) is 27.0. The molecule has 0 aliphatic carbocycles. The maximum atomic E-state index is 10.5. The van der Waals surface area contributed by atoms with Gasteiger partial charge in [-0.15, -0.1) is 0 Å². The number of aliphatic hydroxyl groups excluding tert-OH is 1. The maximum Gasteiger partial charge on any atom is 0.261 e. The van der Waals surface area contributed by atoms with Gasteiger partial charge in [0.25, 0.3) is 8.32 Å². The first-order valence-electron chi connectivity index (χ1n) is 16.1. The fourth-order valence-electron chi connectivity index (χ4n) is 7.24. The third kappa shape index (κ3) is 5.87. The molecule has 0 amide bonds. The smallest absolute Gasteiger partial charge is 0.261 e. The van der Waals surface area contributed by atoms with Crippen LogP contribution in [0.3, 0.4) is 0 Å². The number of aliphatic hydroxyl groups is 1. The molecule has 6 rings (SSSR count). The summed E-state index contributed by atoms with van der Waals surface area (Å²) in [5, 5.41) is 14.5. The van der Waals surface area contributed by atoms with Crippen LogP contribution < -0.4 is 10.4 Å². The Bertz CT molecular complexity index is 1800. The molecule has 0 spiro atoms. The Morgan fingerprint density at radius 1 is 0.717 bits per heavy atom. The minimum absolute atomic E-state index is 0.0197. The van der Waals surface area contributed by atoms with Gasteiger partial charge in [0.15, 0.2) is 0 Å². The normalized spacial score (nSPS) is 12.9. The number of benzene rings is 5. The molecule has 1 unspecified atom stereocenters. The molecule has 1 atom stereocenters. The summed E-state index contributed by atoms with van der Waals surface area (Å²) < 4.78 is 10.2. The molecule has 0 radical (unpaired) electrons. The fraction of sp³-hybridized carbons (Fsp3) is 0.220. The summed E-state index contributed by atoms with van der Waals surface area (Å²) in [4.78, 5) is 0. The third-order valence-electron chi connectivity index (χ3n) is 9.12. The lowest BCUT2D eigenvalue weighted by atomic mass is 9.97. The molecule has 0 fully saturated rings. The number of rotatable bonds is 10. The highest BCUT2D eigenvalue weighted by Gasteiger charge is 2.51. The molecule has 0 bridgehead atoms. The van der Waals surface area contributed by atoms with E-state index in [1.807, 2.05) is 12.1 Å². The van der Waals surface area contributed by atoms with Crippen LogP contribution in [0.1, 0.15) is 62.2 Å². The zero-order chi connectivity index (χ0) is 32.3. The van der Waals surface area contributed by atoms with Gasteiger partial charge < -0.3 is 14.1 Å². The molecule has 0 saturated carbocycles. The van der Waals surface area contributed by atoms with Crippen LogP contribution in [0.15, 0.2) is 140 Å². The van der Waals surface area contributed by atoms with Crippen LogP contribution in [0.25, 0.3) is 10.9 Å². The van der Waals surface area contributed by atoms with Crippen molar-refractivity contribution >= 4 is 41.2 Å². The van der Waals surface area contributed by atoms with E-state index in [-0.39, 0.29) is 23.8 Å². The van der Waals surface area contributed by atoms with Crippen molar-refractivity contribution in [3.05, 3.63) is 167 Å². The standard InChI is InChI=1S/C41H42ClNO2Si/c1-30(45-46(41(2,3)4,34-21-13-7-14-22-34)35-23-15-8-16-24-35)39-36(27-28-44)37-29-33(42)25-26-38(37)43(39)40(31-17-9-5-10-18-31)32-19-11-6-12-20-32/h5-26,29-30,40,44H,27-28H2,1-4H3. The molecule has 234 valence electrons. The Balaban J connectivity index is 1.67. The molecule has 6 aromatic rings. The van der Waals surface area contributed by atoms with Gasteiger partial charge in [0, 0.05) is 22.5 Å². The predicted octanol–water partition coefficient (Wildman–Crippen LogP) is 9.10. The van der Waals surface area contributed by atoms with Crippen molar-refractivity contribution in [2.24, 2.45) is 0 Å². The topological polar surface area (TPSA) is 34.4 Å². The van der Waals surface area contributed by atoms with Gasteiger partial charge in [0.2, 0.25) is 0 Å². The molecule has 0 aliphatic heterocycles. The highest BCUT2D eigenvalue weighted by molar-refractivity contribution is 6.99. The summed E-state index contributed by atoms with van der Waals surface area (Å²) in [6, 6.07) is 48.9. The van der Waals surface area contributed by atoms with E-state index in [1.165, 1.54) is 21.5 Å². The van der Waals surface area contributed by atoms with Crippen molar-refractivity contribution in [1.82, 2.24) is 4.57 Å². The van der Waals surface area contributed by atoms with Crippen molar-refractivity contribution in [1.29, 1.82) is 0 Å². The van der Waals surface area contributed by atoms with E-state index in [0.717, 1.165) is 22.2 Å². The average Bonchev–Trinajstić information content (AvgIpc) is 3.37. The molecular weight excluding hydrogens is 602 g/mol. The SMILES string of the molecule is CC(O[Si](c1ccccc1)(c1ccccc1)C(C)(C)C)c1c(CCO)c2cc(Cl)ccc2n1C(c1ccccc1)c1ccccc1. The Kier molecular flexibility index (Phi) is 9.35. The van der Waals surface area contributed by atoms with Crippen molar-refractivity contribution in [2.45, 2.75) is 51.3 Å². The van der Waals surface area contributed by atoms with Gasteiger partial charge >= 0.3 is 0 Å². The molecule has 1 N–H and O–H groups in total. The second-order valence-electron chi connectivity index (χ2n) is 13.0. The molecule has 3 nitrogen and oxygen atoms in total. The number of hydrogen-bond acceptors (Lipinski definition) is 2. The van der Waals surface area contributed by atoms with Crippen LogP contribution in [0, 0.1) is 0 Å². The fourth-order valence-corrected chi connectivity index (χ4v) is 12.1. The van der Waals surface area contributed by atoms with E-state index in [9.17, 15) is 5.11 Å². The van der Waals surface area contributed by atoms with E-state index in [0.29, 0.717) is 11.4 Å². The molecule has 46 heavy (non-hydrogen) atoms. The second-order valence-corrected chi connectivity index (χ2v) is 17.7. The van der Waals surface area contributed by atoms with Crippen LogP contribution in [0.4, 0.5) is 0 Å². The molecule has 0 saturated heterocycles. The van der Waals surface area contributed by atoms with Gasteiger partial charge in [-0.25, -0.2) is 0 Å². The first-order chi connectivity index (χ1) is 22.3. The van der Waals surface area contributed by atoms with Gasteiger partial charge in [0.1, 0.15) is 0 Å². The van der Waals surface area contributed by atoms with E-state index in [2.05, 4.69) is 160 Å². The molecule has 0 aliphatic rings. The average molecular weight is 644 g/mol. The van der Waals surface area contributed by atoms with Gasteiger partial charge in [0.05, 0.1) is 17.8 Å². The maximum absolute atomic E-state index is 10.5. The summed E-state index contributed by atoms with van der Waals surface area (Å²) in [6.45, 7) is 9.15. The van der Waals surface area contributed by atoms with Crippen molar-refractivity contribution in [3.8, 4) is 0 Å². The summed E-state index contributed by atoms with van der Waals surface area (Å²) >= 11 is 6.68. The first-order valence-corrected chi connectivity index (χ1v) is 18.4. The van der Waals surface area contributed by atoms with E-state index in [1.54, 1.807) is 0 Å². The first kappa shape index (κ1) is 32.0. The van der Waals surface area contributed by atoms with Gasteiger partial charge in [-0.3, -0.25) is 0 Å². The third-order valence-corrected chi connectivity index (χ3v) is 14.5. The largest absolute Gasteiger partial charge is 0.399 e. The quantitative estimate of drug-likeness (QED) is 0.151. The van der Waals surface area contributed by atoms with Gasteiger partial charge in [-0.2, -0.15) is 0 Å². The van der Waals surface area contributed by atoms with Gasteiger partial charge in [-0.1, -0.05) is 154 Å². The predicted molar refractivity (Wildman–Crippen MR) is 195 cm³/mol. The molecular formula is C41H42ClNO2Si. The summed E-state index contributed by atoms with van der Waals surface area (Å²) in [6.07, 6.45) is 0.165. The number of fused-ring (bicyclic) bond motifs is 1. The van der Waals surface area contributed by atoms with Crippen LogP contribution in [-0.4, -0.2) is 24.6 Å². The van der Waals surface area contributed by atoms with Crippen LogP contribution >= 0.6 is 11.6 Å². The van der Waals surface area contributed by atoms with Gasteiger partial charge in [-0.05, 0) is 63.6 Å². The van der Waals surface area contributed by atoms with E-state index >= 15 is 0 Å². The number of hydrogen-bond donors (Lipinski definition) is 1. The Morgan fingerprint density at radius 3 is 1.65 bits per heavy atom. The Hall–Kier alpha value is -3.93. The second kappa shape index (κ2) is 13.4. The van der Waals surface area contributed by atoms with Crippen molar-refractivity contribution in [3.63, 3.8) is 0 Å². The van der Waals surface area contributed by atoms with Crippen LogP contribution in [0.5, 0.6) is 0 Å². The molecule has 1 heterocycles. The summed E-state index contributed by atoms with van der Waals surface area (Å²) in [5.41, 5.74) is 5.56. The van der Waals surface area contributed by atoms with Crippen LogP contribution in [0.2, 0.25) is 10.1 Å². The molecule has 5 aromatic carbocycles. The highest BCUT2D eigenvalue weighted by Crippen LogP contribution is 2.44. The Labute approximate surface area is 279 Å². The zero-order valence-corrected chi connectivity index (χ0v) is 28.8. The molecule has 5 heteroatoms. The minimum Gasteiger partial charge on any atom is -0.399 e. The number of aromatic nitrogens is 1. The lowest BCUT2D eigenvalue weighted by Crippen LogP contribution is -2.66. The van der Waals surface area contributed by atoms with Crippen molar-refractivity contribution < 1.29 is 9.53 Å². The monoisotopic (exact) mass is 643 g/mol. The highest BCUT2D eigenvalue weighted by atomic mass is 35.5. The lowest BCUT2D eigenvalue weighted by molar-refractivity contribution is 0.199. The Morgan fingerprint density at radius 2 is 1.20 bits per heavy atom. The lowest BCUT2D eigenvalue weighted by Gasteiger charge is -2.45. The summed E-state index contributed by atoms with van der Waals surface area (Å²) in [7, 11) is -2.92. The summed E-state index contributed by atoms with van der Waals surface area (Å²) in [5.74, 6) is 0.